The van der Waals surface area contributed by atoms with E-state index in [1.165, 1.54) is 42.1 Å². The second-order valence-corrected chi connectivity index (χ2v) is 7.09. The summed E-state index contributed by atoms with van der Waals surface area (Å²) in [5.41, 5.74) is 4.60. The van der Waals surface area contributed by atoms with Crippen LogP contribution in [0.25, 0.3) is 21.9 Å². The van der Waals surface area contributed by atoms with Crippen molar-refractivity contribution < 1.29 is 0 Å². The van der Waals surface area contributed by atoms with Gasteiger partial charge in [-0.15, -0.1) is 0 Å². The predicted octanol–water partition coefficient (Wildman–Crippen LogP) is 4.96. The minimum absolute atomic E-state index is 0.558. The third kappa shape index (κ3) is 3.40. The van der Waals surface area contributed by atoms with Gasteiger partial charge in [0.25, 0.3) is 0 Å². The van der Waals surface area contributed by atoms with Gasteiger partial charge >= 0.3 is 0 Å². The van der Waals surface area contributed by atoms with E-state index in [0.717, 1.165) is 17.1 Å². The highest BCUT2D eigenvalue weighted by atomic mass is 15.1. The van der Waals surface area contributed by atoms with Gasteiger partial charge in [-0.05, 0) is 58.8 Å². The molecule has 1 saturated carbocycles. The molecule has 0 radical (unpaired) electrons. The standard InChI is InChI=1S/C19H24N4.C2H6/c1-13-4-9-17-16(10-13)19-18(11-20-17)21-12-23(19)15-7-5-14(6-8-15)22(2)3;1-2/h4,9-12,14-15H,5-8H2,1-3H3;1-2H3. The molecule has 4 nitrogen and oxygen atoms in total. The van der Waals surface area contributed by atoms with Gasteiger partial charge in [-0.2, -0.15) is 0 Å². The molecule has 4 heteroatoms. The Morgan fingerprint density at radius 3 is 2.40 bits per heavy atom. The van der Waals surface area contributed by atoms with Crippen molar-refractivity contribution in [2.75, 3.05) is 14.1 Å². The van der Waals surface area contributed by atoms with Crippen LogP contribution in [0.1, 0.15) is 51.1 Å². The quantitative estimate of drug-likeness (QED) is 0.662. The van der Waals surface area contributed by atoms with Crippen LogP contribution in [0.2, 0.25) is 0 Å². The van der Waals surface area contributed by atoms with Crippen molar-refractivity contribution in [2.24, 2.45) is 0 Å². The Kier molecular flexibility index (Phi) is 5.38. The zero-order valence-corrected chi connectivity index (χ0v) is 16.2. The molecule has 25 heavy (non-hydrogen) atoms. The number of benzene rings is 1. The topological polar surface area (TPSA) is 34.0 Å². The maximum absolute atomic E-state index is 4.62. The van der Waals surface area contributed by atoms with Crippen molar-refractivity contribution in [3.8, 4) is 0 Å². The number of fused-ring (bicyclic) bond motifs is 3. The molecule has 0 N–H and O–H groups in total. The van der Waals surface area contributed by atoms with Crippen LogP contribution in [0.5, 0.6) is 0 Å². The molecule has 2 aromatic heterocycles. The van der Waals surface area contributed by atoms with E-state index >= 15 is 0 Å². The minimum atomic E-state index is 0.558. The first kappa shape index (κ1) is 17.9. The van der Waals surface area contributed by atoms with Gasteiger partial charge in [0.05, 0.1) is 23.6 Å². The van der Waals surface area contributed by atoms with E-state index in [4.69, 9.17) is 0 Å². The maximum Gasteiger partial charge on any atom is 0.107 e. The zero-order valence-electron chi connectivity index (χ0n) is 16.2. The summed E-state index contributed by atoms with van der Waals surface area (Å²) >= 11 is 0. The number of imidazole rings is 1. The van der Waals surface area contributed by atoms with Crippen molar-refractivity contribution in [1.82, 2.24) is 19.4 Å². The Labute approximate surface area is 150 Å². The average Bonchev–Trinajstić information content (AvgIpc) is 3.08. The van der Waals surface area contributed by atoms with Crippen molar-refractivity contribution in [3.05, 3.63) is 36.3 Å². The van der Waals surface area contributed by atoms with E-state index in [2.05, 4.69) is 58.7 Å². The Balaban J connectivity index is 0.000000880. The number of aryl methyl sites for hydroxylation is 1. The molecule has 3 aromatic rings. The van der Waals surface area contributed by atoms with Gasteiger partial charge < -0.3 is 9.47 Å². The van der Waals surface area contributed by atoms with Crippen LogP contribution in [0, 0.1) is 6.92 Å². The first-order valence-corrected chi connectivity index (χ1v) is 9.52. The van der Waals surface area contributed by atoms with Gasteiger partial charge in [0.15, 0.2) is 0 Å². The summed E-state index contributed by atoms with van der Waals surface area (Å²) in [4.78, 5) is 11.5. The molecule has 2 heterocycles. The number of aromatic nitrogens is 3. The number of hydrogen-bond acceptors (Lipinski definition) is 3. The number of rotatable bonds is 2. The Morgan fingerprint density at radius 2 is 1.72 bits per heavy atom. The molecule has 0 atom stereocenters. The van der Waals surface area contributed by atoms with Crippen LogP contribution < -0.4 is 0 Å². The summed E-state index contributed by atoms with van der Waals surface area (Å²) in [6.07, 6.45) is 8.91. The molecule has 1 aromatic carbocycles. The highest BCUT2D eigenvalue weighted by Gasteiger charge is 2.25. The molecule has 134 valence electrons. The molecule has 0 spiro atoms. The Bertz CT molecular complexity index is 842. The maximum atomic E-state index is 4.62. The summed E-state index contributed by atoms with van der Waals surface area (Å²) in [5, 5.41) is 1.23. The highest BCUT2D eigenvalue weighted by Crippen LogP contribution is 2.34. The second kappa shape index (κ2) is 7.52. The summed E-state index contributed by atoms with van der Waals surface area (Å²) in [6, 6.07) is 7.77. The van der Waals surface area contributed by atoms with Gasteiger partial charge in [0, 0.05) is 17.5 Å². The average molecular weight is 338 g/mol. The van der Waals surface area contributed by atoms with Gasteiger partial charge in [0.2, 0.25) is 0 Å². The van der Waals surface area contributed by atoms with E-state index in [1.54, 1.807) is 0 Å². The van der Waals surface area contributed by atoms with Crippen LogP contribution >= 0.6 is 0 Å². The van der Waals surface area contributed by atoms with Crippen LogP contribution in [-0.2, 0) is 0 Å². The highest BCUT2D eigenvalue weighted by molar-refractivity contribution is 6.02. The number of hydrogen-bond donors (Lipinski definition) is 0. The second-order valence-electron chi connectivity index (χ2n) is 7.09. The lowest BCUT2D eigenvalue weighted by molar-refractivity contribution is 0.197. The van der Waals surface area contributed by atoms with Crippen molar-refractivity contribution in [3.63, 3.8) is 0 Å². The number of pyridine rings is 1. The molecule has 1 fully saturated rings. The molecule has 4 rings (SSSR count). The lowest BCUT2D eigenvalue weighted by atomic mass is 9.90. The first-order valence-electron chi connectivity index (χ1n) is 9.52. The fraction of sp³-hybridized carbons (Fsp3) is 0.524. The van der Waals surface area contributed by atoms with Crippen LogP contribution in [0.15, 0.2) is 30.7 Å². The van der Waals surface area contributed by atoms with Crippen LogP contribution in [0.4, 0.5) is 0 Å². The third-order valence-electron chi connectivity index (χ3n) is 5.35. The lowest BCUT2D eigenvalue weighted by Gasteiger charge is -2.33. The molecule has 0 unspecified atom stereocenters. The fourth-order valence-electron chi connectivity index (χ4n) is 3.96. The third-order valence-corrected chi connectivity index (χ3v) is 5.35. The normalized spacial score (nSPS) is 20.7. The SMILES string of the molecule is CC.Cc1ccc2ncc3ncn(C4CCC(N(C)C)CC4)c3c2c1. The van der Waals surface area contributed by atoms with E-state index in [9.17, 15) is 0 Å². The van der Waals surface area contributed by atoms with Crippen LogP contribution in [-0.4, -0.2) is 39.6 Å². The summed E-state index contributed by atoms with van der Waals surface area (Å²) in [5.74, 6) is 0. The minimum Gasteiger partial charge on any atom is -0.327 e. The van der Waals surface area contributed by atoms with Crippen molar-refractivity contribution in [1.29, 1.82) is 0 Å². The van der Waals surface area contributed by atoms with E-state index < -0.39 is 0 Å². The van der Waals surface area contributed by atoms with Crippen molar-refractivity contribution >= 4 is 21.9 Å². The summed E-state index contributed by atoms with van der Waals surface area (Å²) in [7, 11) is 4.39. The molecule has 0 aliphatic heterocycles. The molecule has 0 amide bonds. The molecular formula is C21H30N4. The van der Waals surface area contributed by atoms with E-state index in [1.807, 2.05) is 26.4 Å². The molecule has 1 aliphatic rings. The van der Waals surface area contributed by atoms with Gasteiger partial charge in [0.1, 0.15) is 5.52 Å². The summed E-state index contributed by atoms with van der Waals surface area (Å²) < 4.78 is 2.41. The summed E-state index contributed by atoms with van der Waals surface area (Å²) in [6.45, 7) is 6.14. The largest absolute Gasteiger partial charge is 0.327 e. The first-order chi connectivity index (χ1) is 12.1. The molecule has 0 saturated heterocycles. The van der Waals surface area contributed by atoms with Crippen LogP contribution in [0.3, 0.4) is 0 Å². The van der Waals surface area contributed by atoms with E-state index in [-0.39, 0.29) is 0 Å². The molecule has 0 bridgehead atoms. The van der Waals surface area contributed by atoms with Gasteiger partial charge in [-0.25, -0.2) is 4.98 Å². The Hall–Kier alpha value is -1.94. The van der Waals surface area contributed by atoms with Crippen molar-refractivity contribution in [2.45, 2.75) is 58.5 Å². The zero-order chi connectivity index (χ0) is 18.0. The smallest absolute Gasteiger partial charge is 0.107 e. The lowest BCUT2D eigenvalue weighted by Crippen LogP contribution is -2.32. The van der Waals surface area contributed by atoms with Gasteiger partial charge in [-0.3, -0.25) is 4.98 Å². The fourth-order valence-corrected chi connectivity index (χ4v) is 3.96. The van der Waals surface area contributed by atoms with Gasteiger partial charge in [-0.1, -0.05) is 25.5 Å². The monoisotopic (exact) mass is 338 g/mol. The predicted molar refractivity (Wildman–Crippen MR) is 106 cm³/mol. The molecule has 1 aliphatic carbocycles. The van der Waals surface area contributed by atoms with E-state index in [0.29, 0.717) is 6.04 Å². The number of nitrogens with zero attached hydrogens (tertiary/aromatic N) is 4. The Morgan fingerprint density at radius 1 is 1.00 bits per heavy atom. The molecular weight excluding hydrogens is 308 g/mol.